The van der Waals surface area contributed by atoms with Crippen molar-refractivity contribution < 1.29 is 0 Å². The van der Waals surface area contributed by atoms with E-state index in [9.17, 15) is 0 Å². The molecule has 4 rings (SSSR count). The molecule has 0 saturated carbocycles. The van der Waals surface area contributed by atoms with Crippen molar-refractivity contribution in [1.82, 2.24) is 19.5 Å². The summed E-state index contributed by atoms with van der Waals surface area (Å²) in [4.78, 5) is 15.4. The summed E-state index contributed by atoms with van der Waals surface area (Å²) in [5.41, 5.74) is 2.46. The van der Waals surface area contributed by atoms with E-state index < -0.39 is 0 Å². The van der Waals surface area contributed by atoms with Gasteiger partial charge in [-0.3, -0.25) is 9.97 Å². The van der Waals surface area contributed by atoms with Gasteiger partial charge in [-0.05, 0) is 36.6 Å². The molecule has 0 aliphatic carbocycles. The third kappa shape index (κ3) is 3.15. The highest BCUT2D eigenvalue weighted by atomic mass is 15.2. The molecule has 1 aliphatic heterocycles. The summed E-state index contributed by atoms with van der Waals surface area (Å²) < 4.78 is 2.26. The van der Waals surface area contributed by atoms with E-state index in [-0.39, 0.29) is 0 Å². The molecule has 1 fully saturated rings. The van der Waals surface area contributed by atoms with Crippen LogP contribution >= 0.6 is 0 Å². The van der Waals surface area contributed by atoms with E-state index in [1.807, 2.05) is 37.1 Å². The third-order valence-electron chi connectivity index (χ3n) is 4.64. The number of anilines is 1. The van der Waals surface area contributed by atoms with Crippen molar-refractivity contribution >= 4 is 5.69 Å². The predicted molar refractivity (Wildman–Crippen MR) is 94.0 cm³/mol. The Hall–Kier alpha value is -2.69. The van der Waals surface area contributed by atoms with Gasteiger partial charge in [0, 0.05) is 61.9 Å². The van der Waals surface area contributed by atoms with Crippen LogP contribution in [0.5, 0.6) is 0 Å². The van der Waals surface area contributed by atoms with Gasteiger partial charge in [0.25, 0.3) is 0 Å². The van der Waals surface area contributed by atoms with Gasteiger partial charge in [0.05, 0.1) is 6.54 Å². The fourth-order valence-electron chi connectivity index (χ4n) is 3.48. The first-order valence-corrected chi connectivity index (χ1v) is 8.45. The van der Waals surface area contributed by atoms with Crippen molar-refractivity contribution in [2.45, 2.75) is 25.3 Å². The summed E-state index contributed by atoms with van der Waals surface area (Å²) in [6.45, 7) is 2.94. The van der Waals surface area contributed by atoms with Gasteiger partial charge in [-0.1, -0.05) is 6.07 Å². The highest BCUT2D eigenvalue weighted by molar-refractivity contribution is 5.45. The Morgan fingerprint density at radius 2 is 1.96 bits per heavy atom. The topological polar surface area (TPSA) is 46.8 Å². The zero-order valence-electron chi connectivity index (χ0n) is 13.6. The maximum atomic E-state index is 4.67. The van der Waals surface area contributed by atoms with Crippen LogP contribution < -0.4 is 4.90 Å². The van der Waals surface area contributed by atoms with Crippen LogP contribution in [-0.2, 0) is 6.54 Å². The van der Waals surface area contributed by atoms with Gasteiger partial charge in [-0.15, -0.1) is 0 Å². The lowest BCUT2D eigenvalue weighted by atomic mass is 9.96. The van der Waals surface area contributed by atoms with E-state index in [4.69, 9.17) is 0 Å². The van der Waals surface area contributed by atoms with Crippen LogP contribution in [0.15, 0.2) is 61.4 Å². The SMILES string of the molecule is c1cncc(Cn2ccnc2[C@H]2CCCN(c3ccncc3)C2)c1. The van der Waals surface area contributed by atoms with E-state index in [0.29, 0.717) is 5.92 Å². The van der Waals surface area contributed by atoms with E-state index in [1.165, 1.54) is 29.9 Å². The summed E-state index contributed by atoms with van der Waals surface area (Å²) >= 11 is 0. The molecule has 5 heteroatoms. The van der Waals surface area contributed by atoms with Crippen LogP contribution in [0.25, 0.3) is 0 Å². The standard InChI is InChI=1S/C19H21N5/c1-3-16(13-21-7-1)14-24-12-10-22-19(24)17-4-2-11-23(15-17)18-5-8-20-9-6-18/h1,3,5-10,12-13,17H,2,4,11,14-15H2/t17-/m0/s1. The molecule has 0 aromatic carbocycles. The van der Waals surface area contributed by atoms with Gasteiger partial charge in [0.15, 0.2) is 0 Å². The van der Waals surface area contributed by atoms with Crippen LogP contribution in [-0.4, -0.2) is 32.6 Å². The van der Waals surface area contributed by atoms with Crippen molar-refractivity contribution in [2.75, 3.05) is 18.0 Å². The second-order valence-corrected chi connectivity index (χ2v) is 6.27. The molecule has 0 spiro atoms. The minimum absolute atomic E-state index is 0.457. The molecule has 1 atom stereocenters. The molecule has 0 radical (unpaired) electrons. The molecule has 0 unspecified atom stereocenters. The quantitative estimate of drug-likeness (QED) is 0.741. The highest BCUT2D eigenvalue weighted by Gasteiger charge is 2.24. The predicted octanol–water partition coefficient (Wildman–Crippen LogP) is 3.11. The lowest BCUT2D eigenvalue weighted by Crippen LogP contribution is -2.35. The Morgan fingerprint density at radius 3 is 2.79 bits per heavy atom. The van der Waals surface area contributed by atoms with Gasteiger partial charge in [0.1, 0.15) is 5.82 Å². The lowest BCUT2D eigenvalue weighted by molar-refractivity contribution is 0.476. The first kappa shape index (κ1) is 14.9. The number of hydrogen-bond donors (Lipinski definition) is 0. The van der Waals surface area contributed by atoms with Crippen LogP contribution in [0, 0.1) is 0 Å². The van der Waals surface area contributed by atoms with Gasteiger partial charge < -0.3 is 9.47 Å². The lowest BCUT2D eigenvalue weighted by Gasteiger charge is -2.34. The van der Waals surface area contributed by atoms with Crippen LogP contribution in [0.1, 0.15) is 30.1 Å². The maximum absolute atomic E-state index is 4.67. The molecule has 24 heavy (non-hydrogen) atoms. The Bertz CT molecular complexity index is 769. The molecular weight excluding hydrogens is 298 g/mol. The number of hydrogen-bond acceptors (Lipinski definition) is 4. The van der Waals surface area contributed by atoms with Crippen molar-refractivity contribution in [3.8, 4) is 0 Å². The van der Waals surface area contributed by atoms with Gasteiger partial charge >= 0.3 is 0 Å². The number of imidazole rings is 1. The largest absolute Gasteiger partial charge is 0.371 e. The average molecular weight is 319 g/mol. The summed E-state index contributed by atoms with van der Waals surface area (Å²) in [5, 5.41) is 0. The fourth-order valence-corrected chi connectivity index (χ4v) is 3.48. The molecule has 3 aromatic rings. The van der Waals surface area contributed by atoms with Crippen molar-refractivity contribution in [3.05, 3.63) is 72.8 Å². The molecule has 0 amide bonds. The molecule has 0 bridgehead atoms. The number of aromatic nitrogens is 4. The second kappa shape index (κ2) is 6.83. The molecule has 5 nitrogen and oxygen atoms in total. The maximum Gasteiger partial charge on any atom is 0.113 e. The van der Waals surface area contributed by atoms with E-state index in [2.05, 4.69) is 48.8 Å². The summed E-state index contributed by atoms with van der Waals surface area (Å²) in [6, 6.07) is 8.27. The van der Waals surface area contributed by atoms with Crippen molar-refractivity contribution in [2.24, 2.45) is 0 Å². The monoisotopic (exact) mass is 319 g/mol. The number of nitrogens with zero attached hydrogens (tertiary/aromatic N) is 5. The number of piperidine rings is 1. The molecular formula is C19H21N5. The molecule has 3 aromatic heterocycles. The first-order valence-electron chi connectivity index (χ1n) is 8.45. The number of pyridine rings is 2. The smallest absolute Gasteiger partial charge is 0.113 e. The Balaban J connectivity index is 1.53. The zero-order chi connectivity index (χ0) is 16.2. The van der Waals surface area contributed by atoms with Gasteiger partial charge in [-0.2, -0.15) is 0 Å². The van der Waals surface area contributed by atoms with E-state index >= 15 is 0 Å². The van der Waals surface area contributed by atoms with Gasteiger partial charge in [-0.25, -0.2) is 4.98 Å². The third-order valence-corrected chi connectivity index (χ3v) is 4.64. The Labute approximate surface area is 142 Å². The molecule has 0 N–H and O–H groups in total. The van der Waals surface area contributed by atoms with E-state index in [0.717, 1.165) is 19.6 Å². The highest BCUT2D eigenvalue weighted by Crippen LogP contribution is 2.29. The van der Waals surface area contributed by atoms with Crippen LogP contribution in [0.2, 0.25) is 0 Å². The molecule has 4 heterocycles. The molecule has 1 saturated heterocycles. The van der Waals surface area contributed by atoms with Gasteiger partial charge in [0.2, 0.25) is 0 Å². The van der Waals surface area contributed by atoms with Crippen molar-refractivity contribution in [1.29, 1.82) is 0 Å². The molecule has 1 aliphatic rings. The first-order chi connectivity index (χ1) is 11.9. The average Bonchev–Trinajstić information content (AvgIpc) is 3.12. The minimum atomic E-state index is 0.457. The second-order valence-electron chi connectivity index (χ2n) is 6.27. The number of rotatable bonds is 4. The van der Waals surface area contributed by atoms with Crippen molar-refractivity contribution in [3.63, 3.8) is 0 Å². The summed E-state index contributed by atoms with van der Waals surface area (Å²) in [6.07, 6.45) is 13.8. The fraction of sp³-hybridized carbons (Fsp3) is 0.316. The minimum Gasteiger partial charge on any atom is -0.371 e. The normalized spacial score (nSPS) is 17.8. The summed E-state index contributed by atoms with van der Waals surface area (Å²) in [7, 11) is 0. The Morgan fingerprint density at radius 1 is 1.04 bits per heavy atom. The zero-order valence-corrected chi connectivity index (χ0v) is 13.6. The summed E-state index contributed by atoms with van der Waals surface area (Å²) in [5.74, 6) is 1.64. The van der Waals surface area contributed by atoms with Crippen LogP contribution in [0.4, 0.5) is 5.69 Å². The van der Waals surface area contributed by atoms with E-state index in [1.54, 1.807) is 0 Å². The Kier molecular flexibility index (Phi) is 4.23. The molecule has 122 valence electrons. The van der Waals surface area contributed by atoms with Crippen LogP contribution in [0.3, 0.4) is 0 Å².